The van der Waals surface area contributed by atoms with Gasteiger partial charge in [0.2, 0.25) is 53.2 Å². The Kier molecular flexibility index (Phi) is 37.0. The minimum Gasteiger partial charge on any atom is -0.390 e. The van der Waals surface area contributed by atoms with Gasteiger partial charge in [0.1, 0.15) is 48.3 Å². The molecule has 9 amide bonds. The first-order valence-corrected chi connectivity index (χ1v) is 35.3. The smallest absolute Gasteiger partial charge is 0.245 e. The van der Waals surface area contributed by atoms with Crippen LogP contribution in [0.15, 0.2) is 0 Å². The summed E-state index contributed by atoms with van der Waals surface area (Å²) in [5, 5.41) is 29.6. The number of unbranched alkanes of at least 4 members (excludes halogenated alkanes) is 3. The predicted molar refractivity (Wildman–Crippen MR) is 368 cm³/mol. The van der Waals surface area contributed by atoms with E-state index in [0.29, 0.717) is 38.9 Å². The molecule has 2 heterocycles. The number of morpholine rings is 1. The fourth-order valence-electron chi connectivity index (χ4n) is 12.9. The summed E-state index contributed by atoms with van der Waals surface area (Å²) in [5.74, 6) is -11.2. The zero-order valence-corrected chi connectivity index (χ0v) is 62.5. The van der Waals surface area contributed by atoms with Crippen LogP contribution in [0.4, 0.5) is 0 Å². The molecule has 548 valence electrons. The molecule has 2 rings (SSSR count). The standard InChI is InChI=1S/C71H125N11O14/c1-23-53-69(92)76(17)50(15)67(90)81(22)61(51(16)96-34-28-27-31-82-32-35-95-36-33-82)58(84)41-52(45(8)9)68(91)77(18)54(37-42(2)3)57(83)40-48(13)63(86)73-49(14)66(89)78(19)55(38-43(4)5)70(93)79(20)56(39-44(6)7)71(94)80(21)60(46(10)11)65(88)75-59(64(87)74-53)62(85)47(12)29-25-24-26-30-72/h42-56,59-62,85H,23-29,31-41H2,1-22H3,(H,73,86)(H,74,87)(H,75,88)/t47-,48-,49-,50-,51-,52+,53+,54+,55+,56+,59+,60+,61+,62-/m1/s1. The van der Waals surface area contributed by atoms with E-state index in [2.05, 4.69) is 26.9 Å². The zero-order chi connectivity index (χ0) is 73.3. The Bertz CT molecular complexity index is 2610. The molecule has 2 aliphatic rings. The van der Waals surface area contributed by atoms with Gasteiger partial charge < -0.3 is 59.9 Å². The van der Waals surface area contributed by atoms with Crippen molar-refractivity contribution in [2.24, 2.45) is 47.3 Å². The van der Waals surface area contributed by atoms with E-state index in [1.807, 2.05) is 41.5 Å². The van der Waals surface area contributed by atoms with Crippen molar-refractivity contribution in [1.82, 2.24) is 50.2 Å². The summed E-state index contributed by atoms with van der Waals surface area (Å²) in [6, 6.07) is -9.34. The Morgan fingerprint density at radius 3 is 1.59 bits per heavy atom. The summed E-state index contributed by atoms with van der Waals surface area (Å²) in [6.07, 6.45) is 0.348. The molecule has 0 saturated carbocycles. The average Bonchev–Trinajstić information content (AvgIpc) is 0.881. The average molecular weight is 1360 g/mol. The highest BCUT2D eigenvalue weighted by Gasteiger charge is 2.45. The van der Waals surface area contributed by atoms with Crippen LogP contribution < -0.4 is 16.0 Å². The number of amides is 9. The van der Waals surface area contributed by atoms with Crippen LogP contribution in [0.2, 0.25) is 0 Å². The number of nitrogens with one attached hydrogen (secondary N) is 3. The Labute approximate surface area is 574 Å². The third-order valence-corrected chi connectivity index (χ3v) is 19.3. The van der Waals surface area contributed by atoms with Crippen LogP contribution in [0.5, 0.6) is 0 Å². The van der Waals surface area contributed by atoms with Crippen molar-refractivity contribution < 1.29 is 67.3 Å². The summed E-state index contributed by atoms with van der Waals surface area (Å²) < 4.78 is 11.9. The number of ketones is 2. The first kappa shape index (κ1) is 86.0. The van der Waals surface area contributed by atoms with E-state index in [1.54, 1.807) is 55.4 Å². The van der Waals surface area contributed by atoms with Crippen molar-refractivity contribution in [2.75, 3.05) is 81.7 Å². The molecule has 4 N–H and O–H groups in total. The van der Waals surface area contributed by atoms with Gasteiger partial charge >= 0.3 is 0 Å². The lowest BCUT2D eigenvalue weighted by atomic mass is 9.85. The van der Waals surface area contributed by atoms with Crippen LogP contribution in [0.3, 0.4) is 0 Å². The molecule has 14 atom stereocenters. The van der Waals surface area contributed by atoms with Crippen LogP contribution in [0.25, 0.3) is 0 Å². The Hall–Kier alpha value is -6.10. The summed E-state index contributed by atoms with van der Waals surface area (Å²) in [5.41, 5.74) is 0. The van der Waals surface area contributed by atoms with E-state index in [9.17, 15) is 48.7 Å². The maximum atomic E-state index is 15.2. The molecule has 25 heteroatoms. The minimum absolute atomic E-state index is 0.0171. The molecule has 2 saturated heterocycles. The van der Waals surface area contributed by atoms with Gasteiger partial charge in [-0.25, -0.2) is 0 Å². The molecule has 0 radical (unpaired) electrons. The molecule has 0 unspecified atom stereocenters. The second-order valence-electron chi connectivity index (χ2n) is 29.3. The largest absolute Gasteiger partial charge is 0.390 e. The van der Waals surface area contributed by atoms with Gasteiger partial charge in [0.15, 0.2) is 11.6 Å². The number of Topliss-reactive ketones (excluding diaryl/α,β-unsaturated/α-hetero) is 2. The van der Waals surface area contributed by atoms with E-state index in [4.69, 9.17) is 9.47 Å². The van der Waals surface area contributed by atoms with Gasteiger partial charge in [0.25, 0.3) is 0 Å². The van der Waals surface area contributed by atoms with Crippen molar-refractivity contribution in [3.8, 4) is 6.07 Å². The van der Waals surface area contributed by atoms with Gasteiger partial charge in [-0.3, -0.25) is 57.6 Å². The fourth-order valence-corrected chi connectivity index (χ4v) is 12.9. The molecule has 0 aromatic rings. The third-order valence-electron chi connectivity index (χ3n) is 19.3. The molecular weight excluding hydrogens is 1230 g/mol. The number of rotatable bonds is 22. The summed E-state index contributed by atoms with van der Waals surface area (Å²) in [6.45, 7) is 31.7. The van der Waals surface area contributed by atoms with Crippen LogP contribution in [-0.2, 0) is 62.2 Å². The summed E-state index contributed by atoms with van der Waals surface area (Å²) >= 11 is 0. The Morgan fingerprint density at radius 1 is 0.552 bits per heavy atom. The van der Waals surface area contributed by atoms with Gasteiger partial charge in [-0.05, 0) is 114 Å². The summed E-state index contributed by atoms with van der Waals surface area (Å²) in [4.78, 5) is 173. The number of aliphatic hydroxyl groups excluding tert-OH is 1. The SMILES string of the molecule is CC[C@@H]1NC(=O)[C@H]([C@H](O)[C@H](C)CCCCC#N)NC(=O)[C@H](C(C)C)N(C)C(=O)[C@H](CC(C)C)N(C)C(=O)[C@H](CC(C)C)N(C)C(=O)[C@@H](C)NC(=O)[C@H](C)CC(=O)[C@H](CC(C)C)N(C)C(=O)[C@H](C(C)C)CC(=O)[C@H]([C@@H](C)OCCCCN2CCOCC2)N(C)C(=O)[C@@H](C)N(C)C1=O. The Morgan fingerprint density at radius 2 is 1.07 bits per heavy atom. The van der Waals surface area contributed by atoms with Crippen LogP contribution in [0, 0.1) is 58.7 Å². The van der Waals surface area contributed by atoms with E-state index in [1.165, 1.54) is 80.6 Å². The van der Waals surface area contributed by atoms with Crippen molar-refractivity contribution in [2.45, 2.75) is 254 Å². The number of nitrogens with zero attached hydrogens (tertiary/aromatic N) is 8. The van der Waals surface area contributed by atoms with Crippen LogP contribution in [0.1, 0.15) is 188 Å². The molecule has 0 spiro atoms. The number of ether oxygens (including phenoxy) is 2. The highest BCUT2D eigenvalue weighted by Crippen LogP contribution is 2.28. The van der Waals surface area contributed by atoms with E-state index >= 15 is 14.4 Å². The highest BCUT2D eigenvalue weighted by molar-refractivity contribution is 6.00. The van der Waals surface area contributed by atoms with E-state index < -0.39 is 161 Å². The number of likely N-dealkylation sites (N-methyl/N-ethyl adjacent to an activating group) is 6. The molecule has 0 aromatic heterocycles. The third kappa shape index (κ3) is 25.3. The van der Waals surface area contributed by atoms with Gasteiger partial charge in [0, 0.05) is 93.1 Å². The van der Waals surface area contributed by atoms with Crippen LogP contribution in [-0.4, -0.2) is 252 Å². The van der Waals surface area contributed by atoms with Crippen molar-refractivity contribution in [3.63, 3.8) is 0 Å². The normalized spacial score (nSPS) is 27.3. The fraction of sp³-hybridized carbons (Fsp3) is 0.831. The molecule has 0 aliphatic carbocycles. The van der Waals surface area contributed by atoms with Crippen molar-refractivity contribution in [1.29, 1.82) is 5.26 Å². The number of hydrogen-bond acceptors (Lipinski definition) is 16. The van der Waals surface area contributed by atoms with Gasteiger partial charge in [0.05, 0.1) is 37.5 Å². The lowest BCUT2D eigenvalue weighted by molar-refractivity contribution is -0.154. The van der Waals surface area contributed by atoms with Crippen LogP contribution >= 0.6 is 0 Å². The number of carbonyl (C=O) groups excluding carboxylic acids is 11. The number of carbonyl (C=O) groups is 11. The maximum absolute atomic E-state index is 15.2. The second-order valence-corrected chi connectivity index (χ2v) is 29.3. The molecule has 2 aliphatic heterocycles. The maximum Gasteiger partial charge on any atom is 0.245 e. The highest BCUT2D eigenvalue weighted by atomic mass is 16.5. The van der Waals surface area contributed by atoms with E-state index in [0.717, 1.165) is 31.0 Å². The molecule has 2 fully saturated rings. The quantitative estimate of drug-likeness (QED) is 0.103. The van der Waals surface area contributed by atoms with Crippen molar-refractivity contribution in [3.05, 3.63) is 0 Å². The van der Waals surface area contributed by atoms with E-state index in [-0.39, 0.29) is 69.3 Å². The number of aliphatic hydroxyl groups is 1. The predicted octanol–water partition coefficient (Wildman–Crippen LogP) is 5.09. The molecular formula is C71H125N11O14. The second kappa shape index (κ2) is 41.3. The Balaban J connectivity index is 2.98. The monoisotopic (exact) mass is 1360 g/mol. The molecule has 0 bridgehead atoms. The van der Waals surface area contributed by atoms with Gasteiger partial charge in [-0.2, -0.15) is 5.26 Å². The number of hydrogen-bond donors (Lipinski definition) is 4. The first-order valence-electron chi connectivity index (χ1n) is 35.3. The molecule has 0 aromatic carbocycles. The topological polar surface area (TPSA) is 309 Å². The lowest BCUT2D eigenvalue weighted by Crippen LogP contribution is -2.63. The first-order chi connectivity index (χ1) is 44.8. The van der Waals surface area contributed by atoms with Gasteiger partial charge in [-0.1, -0.05) is 96.4 Å². The van der Waals surface area contributed by atoms with Crippen molar-refractivity contribution >= 4 is 64.7 Å². The minimum atomic E-state index is -1.71. The zero-order valence-electron chi connectivity index (χ0n) is 62.5. The molecule has 25 nitrogen and oxygen atoms in total. The summed E-state index contributed by atoms with van der Waals surface area (Å²) in [7, 11) is 8.65. The lowest BCUT2D eigenvalue weighted by Gasteiger charge is -2.40. The van der Waals surface area contributed by atoms with Gasteiger partial charge in [-0.15, -0.1) is 0 Å². The molecule has 96 heavy (non-hydrogen) atoms. The number of nitriles is 1.